The fourth-order valence-corrected chi connectivity index (χ4v) is 1.89. The molecule has 6 heteroatoms. The van der Waals surface area contributed by atoms with E-state index in [1.165, 1.54) is 6.07 Å². The Balaban J connectivity index is 2.21. The molecule has 1 aromatic carbocycles. The summed E-state index contributed by atoms with van der Waals surface area (Å²) in [5.41, 5.74) is 0.572. The van der Waals surface area contributed by atoms with E-state index in [0.717, 1.165) is 0 Å². The van der Waals surface area contributed by atoms with Crippen molar-refractivity contribution in [1.82, 2.24) is 9.97 Å². The number of halogens is 2. The van der Waals surface area contributed by atoms with Crippen LogP contribution in [0, 0.1) is 5.82 Å². The van der Waals surface area contributed by atoms with E-state index in [1.54, 1.807) is 25.1 Å². The molecule has 0 unspecified atom stereocenters. The Kier molecular flexibility index (Phi) is 4.74. The first-order chi connectivity index (χ1) is 9.62. The molecule has 0 atom stereocenters. The maximum absolute atomic E-state index is 13.7. The molecule has 1 heterocycles. The highest BCUT2D eigenvalue weighted by Crippen LogP contribution is 2.24. The topological polar surface area (TPSA) is 47.0 Å². The molecule has 0 amide bonds. The van der Waals surface area contributed by atoms with E-state index in [2.05, 4.69) is 15.3 Å². The smallest absolute Gasteiger partial charge is 0.167 e. The SMILES string of the molecule is CCOc1ccc(Nc2cc(Cl)nc(CC)n2)cc1F. The molecule has 0 aliphatic heterocycles. The summed E-state index contributed by atoms with van der Waals surface area (Å²) >= 11 is 5.91. The summed E-state index contributed by atoms with van der Waals surface area (Å²) < 4.78 is 18.9. The minimum Gasteiger partial charge on any atom is -0.491 e. The van der Waals surface area contributed by atoms with Gasteiger partial charge in [-0.25, -0.2) is 14.4 Å². The largest absolute Gasteiger partial charge is 0.491 e. The van der Waals surface area contributed by atoms with Crippen LogP contribution in [0.2, 0.25) is 5.15 Å². The molecule has 0 fully saturated rings. The number of anilines is 2. The van der Waals surface area contributed by atoms with Crippen molar-refractivity contribution in [2.24, 2.45) is 0 Å². The van der Waals surface area contributed by atoms with E-state index in [-0.39, 0.29) is 5.75 Å². The highest BCUT2D eigenvalue weighted by Gasteiger charge is 2.06. The van der Waals surface area contributed by atoms with Crippen molar-refractivity contribution in [3.05, 3.63) is 41.1 Å². The van der Waals surface area contributed by atoms with Crippen LogP contribution in [-0.4, -0.2) is 16.6 Å². The molecule has 1 N–H and O–H groups in total. The van der Waals surface area contributed by atoms with Crippen molar-refractivity contribution in [2.45, 2.75) is 20.3 Å². The van der Waals surface area contributed by atoms with Crippen LogP contribution in [0.1, 0.15) is 19.7 Å². The van der Waals surface area contributed by atoms with Gasteiger partial charge in [0.1, 0.15) is 16.8 Å². The molecule has 106 valence electrons. The zero-order valence-electron chi connectivity index (χ0n) is 11.3. The van der Waals surface area contributed by atoms with Crippen LogP contribution < -0.4 is 10.1 Å². The fourth-order valence-electron chi connectivity index (χ4n) is 1.69. The maximum Gasteiger partial charge on any atom is 0.167 e. The van der Waals surface area contributed by atoms with Gasteiger partial charge in [-0.3, -0.25) is 0 Å². The number of aryl methyl sites for hydroxylation is 1. The highest BCUT2D eigenvalue weighted by molar-refractivity contribution is 6.29. The molecule has 0 aliphatic rings. The van der Waals surface area contributed by atoms with Gasteiger partial charge in [-0.05, 0) is 19.1 Å². The van der Waals surface area contributed by atoms with Gasteiger partial charge in [-0.2, -0.15) is 0 Å². The molecule has 0 saturated heterocycles. The Morgan fingerprint density at radius 1 is 1.25 bits per heavy atom. The van der Waals surface area contributed by atoms with E-state index in [9.17, 15) is 4.39 Å². The number of rotatable bonds is 5. The number of aromatic nitrogens is 2. The lowest BCUT2D eigenvalue weighted by molar-refractivity contribution is 0.321. The van der Waals surface area contributed by atoms with E-state index < -0.39 is 5.82 Å². The third-order valence-electron chi connectivity index (χ3n) is 2.56. The monoisotopic (exact) mass is 295 g/mol. The summed E-state index contributed by atoms with van der Waals surface area (Å²) in [6.45, 7) is 4.16. The van der Waals surface area contributed by atoms with Gasteiger partial charge in [-0.1, -0.05) is 18.5 Å². The Bertz CT molecular complexity index is 607. The van der Waals surface area contributed by atoms with E-state index >= 15 is 0 Å². The van der Waals surface area contributed by atoms with Crippen molar-refractivity contribution in [1.29, 1.82) is 0 Å². The summed E-state index contributed by atoms with van der Waals surface area (Å²) in [6.07, 6.45) is 0.673. The molecule has 0 radical (unpaired) electrons. The Morgan fingerprint density at radius 2 is 2.05 bits per heavy atom. The summed E-state index contributed by atoms with van der Waals surface area (Å²) in [5, 5.41) is 3.35. The number of ether oxygens (including phenoxy) is 1. The zero-order valence-corrected chi connectivity index (χ0v) is 12.0. The molecule has 0 aliphatic carbocycles. The lowest BCUT2D eigenvalue weighted by Crippen LogP contribution is -2.00. The second-order valence-corrected chi connectivity index (χ2v) is 4.44. The average molecular weight is 296 g/mol. The number of hydrogen-bond donors (Lipinski definition) is 1. The first-order valence-corrected chi connectivity index (χ1v) is 6.73. The van der Waals surface area contributed by atoms with Crippen molar-refractivity contribution in [3.8, 4) is 5.75 Å². The zero-order chi connectivity index (χ0) is 14.5. The van der Waals surface area contributed by atoms with Gasteiger partial charge in [0.2, 0.25) is 0 Å². The van der Waals surface area contributed by atoms with Crippen molar-refractivity contribution < 1.29 is 9.13 Å². The molecule has 0 spiro atoms. The van der Waals surface area contributed by atoms with Gasteiger partial charge < -0.3 is 10.1 Å². The van der Waals surface area contributed by atoms with E-state index in [0.29, 0.717) is 35.5 Å². The number of nitrogens with one attached hydrogen (secondary N) is 1. The highest BCUT2D eigenvalue weighted by atomic mass is 35.5. The maximum atomic E-state index is 13.7. The van der Waals surface area contributed by atoms with E-state index in [4.69, 9.17) is 16.3 Å². The van der Waals surface area contributed by atoms with Gasteiger partial charge in [0.15, 0.2) is 11.6 Å². The molecule has 2 aromatic rings. The Hall–Kier alpha value is -1.88. The van der Waals surface area contributed by atoms with Crippen LogP contribution in [0.3, 0.4) is 0 Å². The molecule has 0 bridgehead atoms. The second kappa shape index (κ2) is 6.52. The second-order valence-electron chi connectivity index (χ2n) is 4.05. The quantitative estimate of drug-likeness (QED) is 0.848. The normalized spacial score (nSPS) is 10.4. The first kappa shape index (κ1) is 14.5. The van der Waals surface area contributed by atoms with Crippen molar-refractivity contribution in [2.75, 3.05) is 11.9 Å². The standard InChI is InChI=1S/C14H15ClFN3O/c1-3-13-18-12(15)8-14(19-13)17-9-5-6-11(20-4-2)10(16)7-9/h5-8H,3-4H2,1-2H3,(H,17,18,19). The van der Waals surface area contributed by atoms with Gasteiger partial charge in [0.25, 0.3) is 0 Å². The van der Waals surface area contributed by atoms with E-state index in [1.807, 2.05) is 6.92 Å². The predicted molar refractivity (Wildman–Crippen MR) is 77.3 cm³/mol. The molecular formula is C14H15ClFN3O. The van der Waals surface area contributed by atoms with Crippen LogP contribution >= 0.6 is 11.6 Å². The van der Waals surface area contributed by atoms with Crippen molar-refractivity contribution in [3.63, 3.8) is 0 Å². The van der Waals surface area contributed by atoms with Gasteiger partial charge in [-0.15, -0.1) is 0 Å². The van der Waals surface area contributed by atoms with Crippen LogP contribution in [-0.2, 0) is 6.42 Å². The molecule has 1 aromatic heterocycles. The molecule has 20 heavy (non-hydrogen) atoms. The van der Waals surface area contributed by atoms with Crippen molar-refractivity contribution >= 4 is 23.1 Å². The number of hydrogen-bond acceptors (Lipinski definition) is 4. The van der Waals surface area contributed by atoms with Crippen LogP contribution in [0.5, 0.6) is 5.75 Å². The third kappa shape index (κ3) is 3.57. The fraction of sp³-hybridized carbons (Fsp3) is 0.286. The summed E-state index contributed by atoms with van der Waals surface area (Å²) in [5.74, 6) is 0.970. The van der Waals surface area contributed by atoms with Gasteiger partial charge in [0.05, 0.1) is 6.61 Å². The minimum atomic E-state index is -0.423. The molecule has 4 nitrogen and oxygen atoms in total. The summed E-state index contributed by atoms with van der Waals surface area (Å²) in [6, 6.07) is 6.24. The van der Waals surface area contributed by atoms with Gasteiger partial charge >= 0.3 is 0 Å². The molecule has 2 rings (SSSR count). The number of benzene rings is 1. The van der Waals surface area contributed by atoms with Crippen LogP contribution in [0.25, 0.3) is 0 Å². The average Bonchev–Trinajstić information content (AvgIpc) is 2.41. The third-order valence-corrected chi connectivity index (χ3v) is 2.76. The first-order valence-electron chi connectivity index (χ1n) is 6.35. The van der Waals surface area contributed by atoms with Crippen LogP contribution in [0.15, 0.2) is 24.3 Å². The summed E-state index contributed by atoms with van der Waals surface area (Å²) in [4.78, 5) is 8.35. The summed E-state index contributed by atoms with van der Waals surface area (Å²) in [7, 11) is 0. The Labute approximate surface area is 122 Å². The lowest BCUT2D eigenvalue weighted by atomic mass is 10.3. The molecule has 0 saturated carbocycles. The van der Waals surface area contributed by atoms with Gasteiger partial charge in [0, 0.05) is 24.2 Å². The van der Waals surface area contributed by atoms with Crippen LogP contribution in [0.4, 0.5) is 15.9 Å². The number of nitrogens with zero attached hydrogens (tertiary/aromatic N) is 2. The predicted octanol–water partition coefficient (Wildman–Crippen LogP) is 3.97. The lowest BCUT2D eigenvalue weighted by Gasteiger charge is -2.09. The minimum absolute atomic E-state index is 0.230. The Morgan fingerprint density at radius 3 is 2.70 bits per heavy atom. The molecular weight excluding hydrogens is 281 g/mol.